The van der Waals surface area contributed by atoms with Gasteiger partial charge in [0.2, 0.25) is 11.8 Å². The van der Waals surface area contributed by atoms with Crippen LogP contribution in [0.5, 0.6) is 0 Å². The van der Waals surface area contributed by atoms with E-state index in [1.54, 1.807) is 6.07 Å². The van der Waals surface area contributed by atoms with Gasteiger partial charge >= 0.3 is 0 Å². The summed E-state index contributed by atoms with van der Waals surface area (Å²) in [6.45, 7) is 1.89. The molecule has 15 heavy (non-hydrogen) atoms. The minimum Gasteiger partial charge on any atom is -0.274 e. The minimum atomic E-state index is -0.110. The Morgan fingerprint density at radius 2 is 1.80 bits per heavy atom. The van der Waals surface area contributed by atoms with Crippen LogP contribution < -0.4 is 4.90 Å². The van der Waals surface area contributed by atoms with E-state index in [1.165, 1.54) is 4.90 Å². The maximum absolute atomic E-state index is 11.5. The van der Waals surface area contributed by atoms with Crippen LogP contribution in [0.3, 0.4) is 0 Å². The highest BCUT2D eigenvalue weighted by Crippen LogP contribution is 2.30. The van der Waals surface area contributed by atoms with Gasteiger partial charge in [-0.25, -0.2) is 0 Å². The molecular formula is C11H10BrNO2. The first-order valence-corrected chi connectivity index (χ1v) is 5.51. The van der Waals surface area contributed by atoms with Gasteiger partial charge < -0.3 is 0 Å². The van der Waals surface area contributed by atoms with Crippen LogP contribution >= 0.6 is 15.9 Å². The number of hydrogen-bond donors (Lipinski definition) is 0. The van der Waals surface area contributed by atoms with Crippen LogP contribution in [0.4, 0.5) is 5.69 Å². The zero-order valence-electron chi connectivity index (χ0n) is 8.29. The van der Waals surface area contributed by atoms with E-state index < -0.39 is 0 Å². The van der Waals surface area contributed by atoms with Crippen LogP contribution in [0.25, 0.3) is 0 Å². The number of imide groups is 1. The molecule has 0 saturated carbocycles. The molecule has 2 amide bonds. The van der Waals surface area contributed by atoms with Gasteiger partial charge in [0.15, 0.2) is 0 Å². The van der Waals surface area contributed by atoms with Crippen molar-refractivity contribution in [1.82, 2.24) is 0 Å². The average molecular weight is 268 g/mol. The average Bonchev–Trinajstić information content (AvgIpc) is 2.52. The molecule has 3 nitrogen and oxygen atoms in total. The Bertz CT molecular complexity index is 426. The van der Waals surface area contributed by atoms with E-state index in [9.17, 15) is 9.59 Å². The molecule has 1 fully saturated rings. The number of amides is 2. The first-order chi connectivity index (χ1) is 7.11. The SMILES string of the molecule is Cc1c(Br)cccc1N1C(=O)CCC1=O. The van der Waals surface area contributed by atoms with Gasteiger partial charge in [-0.15, -0.1) is 0 Å². The van der Waals surface area contributed by atoms with Gasteiger partial charge in [-0.05, 0) is 24.6 Å². The number of anilines is 1. The van der Waals surface area contributed by atoms with Crippen LogP contribution in [-0.2, 0) is 9.59 Å². The van der Waals surface area contributed by atoms with E-state index in [0.29, 0.717) is 18.5 Å². The van der Waals surface area contributed by atoms with Crippen LogP contribution in [0.2, 0.25) is 0 Å². The second-order valence-corrected chi connectivity index (χ2v) is 4.36. The molecule has 1 aliphatic rings. The minimum absolute atomic E-state index is 0.110. The van der Waals surface area contributed by atoms with Crippen molar-refractivity contribution in [2.24, 2.45) is 0 Å². The summed E-state index contributed by atoms with van der Waals surface area (Å²) in [4.78, 5) is 24.4. The van der Waals surface area contributed by atoms with Crippen LogP contribution in [0.15, 0.2) is 22.7 Å². The number of hydrogen-bond acceptors (Lipinski definition) is 2. The van der Waals surface area contributed by atoms with Crippen molar-refractivity contribution in [3.63, 3.8) is 0 Å². The van der Waals surface area contributed by atoms with Crippen molar-refractivity contribution >= 4 is 33.4 Å². The van der Waals surface area contributed by atoms with Gasteiger partial charge in [0.25, 0.3) is 0 Å². The molecule has 1 aromatic rings. The predicted octanol–water partition coefficient (Wildman–Crippen LogP) is 2.41. The molecule has 2 rings (SSSR count). The number of rotatable bonds is 1. The summed E-state index contributed by atoms with van der Waals surface area (Å²) in [6.07, 6.45) is 0.648. The summed E-state index contributed by atoms with van der Waals surface area (Å²) in [5.74, 6) is -0.220. The van der Waals surface area contributed by atoms with Gasteiger partial charge in [0.05, 0.1) is 5.69 Å². The van der Waals surface area contributed by atoms with E-state index in [2.05, 4.69) is 15.9 Å². The first kappa shape index (κ1) is 10.4. The van der Waals surface area contributed by atoms with Crippen molar-refractivity contribution < 1.29 is 9.59 Å². The van der Waals surface area contributed by atoms with E-state index in [0.717, 1.165) is 10.0 Å². The summed E-state index contributed by atoms with van der Waals surface area (Å²) in [5.41, 5.74) is 1.61. The molecule has 0 atom stereocenters. The molecular weight excluding hydrogens is 258 g/mol. The van der Waals surface area contributed by atoms with E-state index in [4.69, 9.17) is 0 Å². The second-order valence-electron chi connectivity index (χ2n) is 3.51. The fraction of sp³-hybridized carbons (Fsp3) is 0.273. The number of carbonyl (C=O) groups excluding carboxylic acids is 2. The van der Waals surface area contributed by atoms with Gasteiger partial charge in [-0.3, -0.25) is 14.5 Å². The lowest BCUT2D eigenvalue weighted by Crippen LogP contribution is -2.29. The molecule has 0 bridgehead atoms. The Morgan fingerprint density at radius 1 is 1.20 bits per heavy atom. The fourth-order valence-electron chi connectivity index (χ4n) is 1.68. The Kier molecular flexibility index (Phi) is 2.61. The molecule has 78 valence electrons. The van der Waals surface area contributed by atoms with Crippen LogP contribution in [0.1, 0.15) is 18.4 Å². The molecule has 1 aliphatic heterocycles. The number of halogens is 1. The van der Waals surface area contributed by atoms with Gasteiger partial charge in [-0.1, -0.05) is 22.0 Å². The third-order valence-electron chi connectivity index (χ3n) is 2.53. The maximum Gasteiger partial charge on any atom is 0.234 e. The normalized spacial score (nSPS) is 16.3. The van der Waals surface area contributed by atoms with Crippen molar-refractivity contribution in [3.8, 4) is 0 Å². The van der Waals surface area contributed by atoms with E-state index in [-0.39, 0.29) is 11.8 Å². The third kappa shape index (κ3) is 1.69. The molecule has 0 unspecified atom stereocenters. The molecule has 4 heteroatoms. The lowest BCUT2D eigenvalue weighted by atomic mass is 10.2. The highest BCUT2D eigenvalue weighted by atomic mass is 79.9. The number of carbonyl (C=O) groups is 2. The summed E-state index contributed by atoms with van der Waals surface area (Å²) in [5, 5.41) is 0. The van der Waals surface area contributed by atoms with Gasteiger partial charge in [-0.2, -0.15) is 0 Å². The van der Waals surface area contributed by atoms with E-state index in [1.807, 2.05) is 19.1 Å². The second kappa shape index (κ2) is 3.77. The molecule has 0 spiro atoms. The molecule has 1 aromatic carbocycles. The number of benzene rings is 1. The Hall–Kier alpha value is -1.16. The van der Waals surface area contributed by atoms with Gasteiger partial charge in [0, 0.05) is 17.3 Å². The van der Waals surface area contributed by atoms with Gasteiger partial charge in [0.1, 0.15) is 0 Å². The van der Waals surface area contributed by atoms with Crippen molar-refractivity contribution in [3.05, 3.63) is 28.2 Å². The molecule has 0 N–H and O–H groups in total. The van der Waals surface area contributed by atoms with Crippen LogP contribution in [0, 0.1) is 6.92 Å². The maximum atomic E-state index is 11.5. The summed E-state index contributed by atoms with van der Waals surface area (Å²) < 4.78 is 0.910. The quantitative estimate of drug-likeness (QED) is 0.733. The third-order valence-corrected chi connectivity index (χ3v) is 3.39. The molecule has 1 saturated heterocycles. The van der Waals surface area contributed by atoms with Crippen molar-refractivity contribution in [2.45, 2.75) is 19.8 Å². The summed E-state index contributed by atoms with van der Waals surface area (Å²) in [7, 11) is 0. The van der Waals surface area contributed by atoms with E-state index >= 15 is 0 Å². The molecule has 0 aromatic heterocycles. The van der Waals surface area contributed by atoms with Crippen molar-refractivity contribution in [1.29, 1.82) is 0 Å². The largest absolute Gasteiger partial charge is 0.274 e. The Morgan fingerprint density at radius 3 is 2.40 bits per heavy atom. The van der Waals surface area contributed by atoms with Crippen molar-refractivity contribution in [2.75, 3.05) is 4.90 Å². The Balaban J connectivity index is 2.49. The smallest absolute Gasteiger partial charge is 0.234 e. The molecule has 0 aliphatic carbocycles. The lowest BCUT2D eigenvalue weighted by molar-refractivity contribution is -0.121. The standard InChI is InChI=1S/C11H10BrNO2/c1-7-8(12)3-2-4-9(7)13-10(14)5-6-11(13)15/h2-4H,5-6H2,1H3. The zero-order valence-corrected chi connectivity index (χ0v) is 9.87. The van der Waals surface area contributed by atoms with Crippen LogP contribution in [-0.4, -0.2) is 11.8 Å². The highest BCUT2D eigenvalue weighted by Gasteiger charge is 2.31. The molecule has 1 heterocycles. The zero-order chi connectivity index (χ0) is 11.0. The summed E-state index contributed by atoms with van der Waals surface area (Å²) in [6, 6.07) is 5.51. The fourth-order valence-corrected chi connectivity index (χ4v) is 2.04. The highest BCUT2D eigenvalue weighted by molar-refractivity contribution is 9.10. The first-order valence-electron chi connectivity index (χ1n) is 4.72. The molecule has 0 radical (unpaired) electrons. The summed E-state index contributed by atoms with van der Waals surface area (Å²) >= 11 is 3.38. The monoisotopic (exact) mass is 267 g/mol. The lowest BCUT2D eigenvalue weighted by Gasteiger charge is -2.17. The number of nitrogens with zero attached hydrogens (tertiary/aromatic N) is 1. The topological polar surface area (TPSA) is 37.4 Å². The predicted molar refractivity (Wildman–Crippen MR) is 60.6 cm³/mol. The Labute approximate surface area is 96.2 Å².